The minimum atomic E-state index is -4.50. The number of anilines is 2. The number of rotatable bonds is 4. The second kappa shape index (κ2) is 7.85. The molecule has 0 atom stereocenters. The van der Waals surface area contributed by atoms with Crippen molar-refractivity contribution < 1.29 is 22.8 Å². The van der Waals surface area contributed by atoms with Gasteiger partial charge in [0.05, 0.1) is 46.8 Å². The maximum Gasteiger partial charge on any atom is 0.417 e. The molecule has 12 heteroatoms. The van der Waals surface area contributed by atoms with E-state index < -0.39 is 23.6 Å². The van der Waals surface area contributed by atoms with Crippen LogP contribution in [0.2, 0.25) is 0 Å². The van der Waals surface area contributed by atoms with Crippen molar-refractivity contribution in [3.63, 3.8) is 0 Å². The first-order chi connectivity index (χ1) is 14.7. The molecule has 1 fully saturated rings. The minimum absolute atomic E-state index is 0.0749. The van der Waals surface area contributed by atoms with Crippen LogP contribution in [-0.4, -0.2) is 42.9 Å². The lowest BCUT2D eigenvalue weighted by Gasteiger charge is -2.37. The van der Waals surface area contributed by atoms with Crippen LogP contribution in [0, 0.1) is 0 Å². The van der Waals surface area contributed by atoms with Gasteiger partial charge in [0.2, 0.25) is 0 Å². The number of pyridine rings is 2. The van der Waals surface area contributed by atoms with E-state index in [0.29, 0.717) is 29.9 Å². The number of nitrogen functional groups attached to an aromatic ring is 1. The Kier molecular flexibility index (Phi) is 5.21. The fourth-order valence-electron chi connectivity index (χ4n) is 3.28. The van der Waals surface area contributed by atoms with Gasteiger partial charge >= 0.3 is 18.0 Å². The van der Waals surface area contributed by atoms with Gasteiger partial charge < -0.3 is 16.0 Å². The molecule has 2 amide bonds. The van der Waals surface area contributed by atoms with Gasteiger partial charge in [-0.1, -0.05) is 0 Å². The van der Waals surface area contributed by atoms with Crippen molar-refractivity contribution >= 4 is 34.2 Å². The SMILES string of the molecule is Nc1ncc(NC(=O)C(=O)N(Cc2ccc(C(F)(F)F)cn2)C2CCC2)c2[nH]ncc12. The molecule has 0 aromatic carbocycles. The Morgan fingerprint density at radius 1 is 1.19 bits per heavy atom. The summed E-state index contributed by atoms with van der Waals surface area (Å²) in [5.41, 5.74) is 5.80. The van der Waals surface area contributed by atoms with Gasteiger partial charge in [0, 0.05) is 12.2 Å². The number of amides is 2. The van der Waals surface area contributed by atoms with Crippen molar-refractivity contribution in [1.82, 2.24) is 25.1 Å². The van der Waals surface area contributed by atoms with Crippen LogP contribution in [-0.2, 0) is 22.3 Å². The highest BCUT2D eigenvalue weighted by Crippen LogP contribution is 2.30. The summed E-state index contributed by atoms with van der Waals surface area (Å²) in [5, 5.41) is 9.56. The van der Waals surface area contributed by atoms with Gasteiger partial charge in [-0.2, -0.15) is 18.3 Å². The number of aromatic amines is 1. The molecular weight excluding hydrogens is 415 g/mol. The molecule has 0 spiro atoms. The van der Waals surface area contributed by atoms with Gasteiger partial charge in [0.25, 0.3) is 0 Å². The lowest BCUT2D eigenvalue weighted by atomic mass is 9.91. The Balaban J connectivity index is 1.52. The zero-order valence-corrected chi connectivity index (χ0v) is 16.1. The fraction of sp³-hybridized carbons (Fsp3) is 0.316. The first-order valence-electron chi connectivity index (χ1n) is 9.45. The molecule has 9 nitrogen and oxygen atoms in total. The highest BCUT2D eigenvalue weighted by molar-refractivity contribution is 6.40. The molecule has 0 bridgehead atoms. The van der Waals surface area contributed by atoms with Gasteiger partial charge in [-0.3, -0.25) is 19.7 Å². The molecule has 4 N–H and O–H groups in total. The summed E-state index contributed by atoms with van der Waals surface area (Å²) in [5.74, 6) is -1.49. The number of hydrogen-bond acceptors (Lipinski definition) is 6. The normalized spacial score (nSPS) is 14.3. The Labute approximate surface area is 173 Å². The molecule has 0 unspecified atom stereocenters. The number of hydrogen-bond donors (Lipinski definition) is 3. The minimum Gasteiger partial charge on any atom is -0.383 e. The van der Waals surface area contributed by atoms with Crippen molar-refractivity contribution in [1.29, 1.82) is 0 Å². The van der Waals surface area contributed by atoms with E-state index >= 15 is 0 Å². The third-order valence-corrected chi connectivity index (χ3v) is 5.22. The Morgan fingerprint density at radius 3 is 2.58 bits per heavy atom. The van der Waals surface area contributed by atoms with Crippen molar-refractivity contribution in [2.75, 3.05) is 11.1 Å². The molecule has 1 saturated carbocycles. The third kappa shape index (κ3) is 4.13. The molecule has 162 valence electrons. The molecule has 1 aliphatic carbocycles. The van der Waals surface area contributed by atoms with Gasteiger partial charge in [-0.15, -0.1) is 0 Å². The largest absolute Gasteiger partial charge is 0.417 e. The molecule has 1 aliphatic rings. The monoisotopic (exact) mass is 433 g/mol. The summed E-state index contributed by atoms with van der Waals surface area (Å²) in [6.07, 6.45) is 1.28. The number of nitrogens with one attached hydrogen (secondary N) is 2. The number of nitrogens with zero attached hydrogens (tertiary/aromatic N) is 4. The fourth-order valence-corrected chi connectivity index (χ4v) is 3.28. The lowest BCUT2D eigenvalue weighted by molar-refractivity contribution is -0.146. The zero-order valence-electron chi connectivity index (χ0n) is 16.1. The average molecular weight is 433 g/mol. The number of carbonyl (C=O) groups excluding carboxylic acids is 2. The standard InChI is InChI=1S/C19H18F3N7O2/c20-19(21,22)10-4-5-11(24-6-10)9-29(12-2-1-3-12)18(31)17(30)27-14-8-25-16(23)13-7-26-28-15(13)14/h4-8,12H,1-3,9H2,(H2,23,25)(H,26,28)(H,27,30). The van der Waals surface area contributed by atoms with E-state index in [1.807, 2.05) is 0 Å². The zero-order chi connectivity index (χ0) is 22.2. The Hall–Kier alpha value is -3.70. The number of fused-ring (bicyclic) bond motifs is 1. The van der Waals surface area contributed by atoms with Gasteiger partial charge in [-0.25, -0.2) is 4.98 Å². The van der Waals surface area contributed by atoms with Crippen molar-refractivity contribution in [3.05, 3.63) is 42.0 Å². The van der Waals surface area contributed by atoms with Crippen LogP contribution in [0.15, 0.2) is 30.7 Å². The molecule has 0 radical (unpaired) electrons. The van der Waals surface area contributed by atoms with Crippen LogP contribution >= 0.6 is 0 Å². The second-order valence-electron chi connectivity index (χ2n) is 7.22. The van der Waals surface area contributed by atoms with Gasteiger partial charge in [0.15, 0.2) is 0 Å². The number of halogens is 3. The molecule has 0 saturated heterocycles. The van der Waals surface area contributed by atoms with Crippen molar-refractivity contribution in [3.8, 4) is 0 Å². The third-order valence-electron chi connectivity index (χ3n) is 5.22. The summed E-state index contributed by atoms with van der Waals surface area (Å²) in [4.78, 5) is 34.7. The van der Waals surface area contributed by atoms with Crippen LogP contribution in [0.3, 0.4) is 0 Å². The number of alkyl halides is 3. The molecular formula is C19H18F3N7O2. The summed E-state index contributed by atoms with van der Waals surface area (Å²) in [6.45, 7) is -0.0749. The topological polar surface area (TPSA) is 130 Å². The van der Waals surface area contributed by atoms with Crippen LogP contribution in [0.4, 0.5) is 24.7 Å². The average Bonchev–Trinajstić information content (AvgIpc) is 3.18. The summed E-state index contributed by atoms with van der Waals surface area (Å²) >= 11 is 0. The molecule has 31 heavy (non-hydrogen) atoms. The Morgan fingerprint density at radius 2 is 1.97 bits per heavy atom. The maximum atomic E-state index is 12.9. The molecule has 3 aromatic heterocycles. The van der Waals surface area contributed by atoms with Gasteiger partial charge in [0.1, 0.15) is 5.82 Å². The predicted molar refractivity (Wildman–Crippen MR) is 104 cm³/mol. The summed E-state index contributed by atoms with van der Waals surface area (Å²) in [7, 11) is 0. The highest BCUT2D eigenvalue weighted by atomic mass is 19.4. The van der Waals surface area contributed by atoms with E-state index in [2.05, 4.69) is 25.5 Å². The van der Waals surface area contributed by atoms with Crippen LogP contribution in [0.1, 0.15) is 30.5 Å². The van der Waals surface area contributed by atoms with E-state index in [1.165, 1.54) is 23.4 Å². The lowest BCUT2D eigenvalue weighted by Crippen LogP contribution is -2.48. The molecule has 3 aromatic rings. The summed E-state index contributed by atoms with van der Waals surface area (Å²) in [6, 6.07) is 1.93. The maximum absolute atomic E-state index is 12.9. The first kappa shape index (κ1) is 20.6. The van der Waals surface area contributed by atoms with E-state index in [-0.39, 0.29) is 29.8 Å². The number of nitrogens with two attached hydrogens (primary N) is 1. The number of carbonyl (C=O) groups is 2. The smallest absolute Gasteiger partial charge is 0.383 e. The van der Waals surface area contributed by atoms with E-state index in [0.717, 1.165) is 12.5 Å². The molecule has 4 rings (SSSR count). The van der Waals surface area contributed by atoms with E-state index in [9.17, 15) is 22.8 Å². The quantitative estimate of drug-likeness (QED) is 0.542. The first-order valence-corrected chi connectivity index (χ1v) is 9.45. The van der Waals surface area contributed by atoms with E-state index in [1.54, 1.807) is 0 Å². The van der Waals surface area contributed by atoms with Crippen molar-refractivity contribution in [2.45, 2.75) is 38.0 Å². The predicted octanol–water partition coefficient (Wildman–Crippen LogP) is 2.47. The highest BCUT2D eigenvalue weighted by Gasteiger charge is 2.34. The second-order valence-corrected chi connectivity index (χ2v) is 7.22. The molecule has 3 heterocycles. The van der Waals surface area contributed by atoms with Crippen molar-refractivity contribution in [2.24, 2.45) is 0 Å². The van der Waals surface area contributed by atoms with E-state index in [4.69, 9.17) is 5.73 Å². The Bertz CT molecular complexity index is 1120. The summed E-state index contributed by atoms with van der Waals surface area (Å²) < 4.78 is 38.3. The number of H-pyrrole nitrogens is 1. The number of aromatic nitrogens is 4. The van der Waals surface area contributed by atoms with Crippen LogP contribution < -0.4 is 11.1 Å². The molecule has 0 aliphatic heterocycles. The van der Waals surface area contributed by atoms with Crippen LogP contribution in [0.5, 0.6) is 0 Å². The van der Waals surface area contributed by atoms with Gasteiger partial charge in [-0.05, 0) is 31.4 Å². The van der Waals surface area contributed by atoms with Crippen LogP contribution in [0.25, 0.3) is 10.9 Å².